The molecule has 19 heavy (non-hydrogen) atoms. The largest absolute Gasteiger partial charge is 0.308 e. The normalized spacial score (nSPS) is 26.2. The standard InChI is InChI=1S/C12H16N4O2S/c1-14-11-4-2-3-5-12(11)16(19(14,17)18)10-6-7-15(8-10)9-13/h2-5,10,17-18H,6-8H2,1H3/t10-/m1/s1. The van der Waals surface area contributed by atoms with E-state index in [0.717, 1.165) is 17.8 Å². The number of benzene rings is 1. The molecule has 3 rings (SSSR count). The Balaban J connectivity index is 1.99. The molecule has 7 heteroatoms. The minimum absolute atomic E-state index is 0.0456. The first-order chi connectivity index (χ1) is 9.05. The fourth-order valence-electron chi connectivity index (χ4n) is 2.73. The van der Waals surface area contributed by atoms with Crippen LogP contribution in [-0.4, -0.2) is 40.2 Å². The van der Waals surface area contributed by atoms with Gasteiger partial charge < -0.3 is 4.90 Å². The van der Waals surface area contributed by atoms with Gasteiger partial charge in [0.15, 0.2) is 6.19 Å². The van der Waals surface area contributed by atoms with E-state index < -0.39 is 11.0 Å². The maximum Gasteiger partial charge on any atom is 0.179 e. The number of nitriles is 1. The molecule has 102 valence electrons. The fourth-order valence-corrected chi connectivity index (χ4v) is 4.41. The van der Waals surface area contributed by atoms with Crippen LogP contribution in [0, 0.1) is 11.5 Å². The van der Waals surface area contributed by atoms with Gasteiger partial charge in [-0.2, -0.15) is 5.26 Å². The maximum absolute atomic E-state index is 10.5. The number of hydrogen-bond acceptors (Lipinski definition) is 6. The summed E-state index contributed by atoms with van der Waals surface area (Å²) in [6.45, 7) is 1.20. The first kappa shape index (κ1) is 12.4. The van der Waals surface area contributed by atoms with E-state index in [0.29, 0.717) is 13.1 Å². The van der Waals surface area contributed by atoms with Crippen LogP contribution in [-0.2, 0) is 0 Å². The Morgan fingerprint density at radius 1 is 1.32 bits per heavy atom. The molecule has 2 heterocycles. The Morgan fingerprint density at radius 2 is 2.00 bits per heavy atom. The fraction of sp³-hybridized carbons (Fsp3) is 0.417. The highest BCUT2D eigenvalue weighted by Gasteiger charge is 2.44. The number of rotatable bonds is 1. The molecule has 1 fully saturated rings. The summed E-state index contributed by atoms with van der Waals surface area (Å²) in [4.78, 5) is 1.65. The highest BCUT2D eigenvalue weighted by Crippen LogP contribution is 2.61. The second-order valence-corrected chi connectivity index (χ2v) is 6.71. The van der Waals surface area contributed by atoms with Gasteiger partial charge in [-0.1, -0.05) is 12.1 Å². The van der Waals surface area contributed by atoms with Crippen LogP contribution in [0.25, 0.3) is 0 Å². The lowest BCUT2D eigenvalue weighted by Crippen LogP contribution is -2.40. The molecule has 1 atom stereocenters. The number of para-hydroxylation sites is 2. The molecule has 1 aromatic rings. The van der Waals surface area contributed by atoms with Crippen molar-refractivity contribution in [3.8, 4) is 6.19 Å². The van der Waals surface area contributed by atoms with Crippen molar-refractivity contribution in [2.45, 2.75) is 12.5 Å². The van der Waals surface area contributed by atoms with Gasteiger partial charge in [-0.25, -0.2) is 4.31 Å². The molecule has 0 radical (unpaired) electrons. The number of nitrogens with zero attached hydrogens (tertiary/aromatic N) is 4. The Bertz CT molecular complexity index is 545. The molecule has 6 nitrogen and oxygen atoms in total. The van der Waals surface area contributed by atoms with Crippen molar-refractivity contribution in [1.82, 2.24) is 4.90 Å². The highest BCUT2D eigenvalue weighted by molar-refractivity contribution is 8.26. The molecule has 0 saturated carbocycles. The van der Waals surface area contributed by atoms with E-state index in [2.05, 4.69) is 6.19 Å². The van der Waals surface area contributed by atoms with Crippen LogP contribution in [0.4, 0.5) is 11.4 Å². The van der Waals surface area contributed by atoms with Crippen molar-refractivity contribution >= 4 is 22.3 Å². The molecule has 2 aliphatic heterocycles. The third-order valence-corrected chi connectivity index (χ3v) is 5.68. The molecule has 0 aliphatic carbocycles. The van der Waals surface area contributed by atoms with Crippen LogP contribution < -0.4 is 8.61 Å². The maximum atomic E-state index is 10.5. The minimum atomic E-state index is -3.01. The Kier molecular flexibility index (Phi) is 2.74. The quantitative estimate of drug-likeness (QED) is 0.767. The second-order valence-electron chi connectivity index (χ2n) is 4.79. The zero-order valence-electron chi connectivity index (χ0n) is 10.6. The van der Waals surface area contributed by atoms with Crippen LogP contribution in [0.1, 0.15) is 6.42 Å². The monoisotopic (exact) mass is 280 g/mol. The minimum Gasteiger partial charge on any atom is -0.308 e. The summed E-state index contributed by atoms with van der Waals surface area (Å²) in [6.07, 6.45) is 2.87. The Hall–Kier alpha value is -1.62. The first-order valence-electron chi connectivity index (χ1n) is 6.11. The van der Waals surface area contributed by atoms with Crippen molar-refractivity contribution in [2.24, 2.45) is 0 Å². The average Bonchev–Trinajstić information content (AvgIpc) is 2.93. The van der Waals surface area contributed by atoms with Gasteiger partial charge >= 0.3 is 0 Å². The van der Waals surface area contributed by atoms with Crippen LogP contribution in [0.15, 0.2) is 24.3 Å². The van der Waals surface area contributed by atoms with E-state index in [9.17, 15) is 9.11 Å². The lowest BCUT2D eigenvalue weighted by atomic mass is 10.2. The zero-order chi connectivity index (χ0) is 13.6. The molecule has 1 aromatic carbocycles. The van der Waals surface area contributed by atoms with E-state index in [4.69, 9.17) is 5.26 Å². The summed E-state index contributed by atoms with van der Waals surface area (Å²) in [6, 6.07) is 7.49. The zero-order valence-corrected chi connectivity index (χ0v) is 11.4. The topological polar surface area (TPSA) is 74.0 Å². The molecule has 1 saturated heterocycles. The third kappa shape index (κ3) is 1.72. The number of hydrogen-bond donors (Lipinski definition) is 2. The lowest BCUT2D eigenvalue weighted by molar-refractivity contribution is 0.459. The smallest absolute Gasteiger partial charge is 0.179 e. The average molecular weight is 280 g/mol. The summed E-state index contributed by atoms with van der Waals surface area (Å²) in [7, 11) is -1.32. The lowest BCUT2D eigenvalue weighted by Gasteiger charge is -2.44. The van der Waals surface area contributed by atoms with Crippen LogP contribution in [0.2, 0.25) is 0 Å². The van der Waals surface area contributed by atoms with Gasteiger partial charge in [-0.05, 0) is 29.5 Å². The predicted molar refractivity (Wildman–Crippen MR) is 75.8 cm³/mol. The summed E-state index contributed by atoms with van der Waals surface area (Å²) in [5.74, 6) is 0. The molecular formula is C12H16N4O2S. The predicted octanol–water partition coefficient (Wildman–Crippen LogP) is 2.08. The van der Waals surface area contributed by atoms with Crippen molar-refractivity contribution in [2.75, 3.05) is 28.7 Å². The molecule has 0 bridgehead atoms. The number of likely N-dealkylation sites (tertiary alicyclic amines) is 1. The van der Waals surface area contributed by atoms with Gasteiger partial charge in [0, 0.05) is 13.6 Å². The van der Waals surface area contributed by atoms with Crippen molar-refractivity contribution in [3.05, 3.63) is 24.3 Å². The molecule has 0 unspecified atom stereocenters. The van der Waals surface area contributed by atoms with Gasteiger partial charge in [-0.15, -0.1) is 0 Å². The third-order valence-electron chi connectivity index (χ3n) is 3.73. The van der Waals surface area contributed by atoms with Crippen molar-refractivity contribution in [3.63, 3.8) is 0 Å². The van der Waals surface area contributed by atoms with Gasteiger partial charge in [0.05, 0.1) is 24.0 Å². The molecular weight excluding hydrogens is 264 g/mol. The van der Waals surface area contributed by atoms with Gasteiger partial charge in [0.1, 0.15) is 0 Å². The summed E-state index contributed by atoms with van der Waals surface area (Å²) >= 11 is 0. The van der Waals surface area contributed by atoms with E-state index in [1.807, 2.05) is 24.3 Å². The van der Waals surface area contributed by atoms with E-state index >= 15 is 0 Å². The van der Waals surface area contributed by atoms with Crippen molar-refractivity contribution < 1.29 is 9.11 Å². The van der Waals surface area contributed by atoms with Gasteiger partial charge in [0.2, 0.25) is 0 Å². The summed E-state index contributed by atoms with van der Waals surface area (Å²) in [5.41, 5.74) is 1.65. The van der Waals surface area contributed by atoms with Crippen molar-refractivity contribution in [1.29, 1.82) is 5.26 Å². The highest BCUT2D eigenvalue weighted by atomic mass is 32.3. The Morgan fingerprint density at radius 3 is 2.63 bits per heavy atom. The molecule has 0 spiro atoms. The SMILES string of the molecule is CN1c2ccccc2N([C@@H]2CCN(C#N)C2)S1(O)O. The van der Waals surface area contributed by atoms with E-state index in [1.165, 1.54) is 4.31 Å². The second kappa shape index (κ2) is 4.20. The van der Waals surface area contributed by atoms with Crippen LogP contribution in [0.5, 0.6) is 0 Å². The van der Waals surface area contributed by atoms with Gasteiger partial charge in [0.25, 0.3) is 0 Å². The molecule has 0 aromatic heterocycles. The van der Waals surface area contributed by atoms with Gasteiger partial charge in [-0.3, -0.25) is 13.4 Å². The number of fused-ring (bicyclic) bond motifs is 1. The van der Waals surface area contributed by atoms with Crippen LogP contribution >= 0.6 is 11.0 Å². The molecule has 2 aliphatic rings. The summed E-state index contributed by atoms with van der Waals surface area (Å²) < 4.78 is 24.1. The summed E-state index contributed by atoms with van der Waals surface area (Å²) in [5, 5.41) is 8.93. The van der Waals surface area contributed by atoms with E-state index in [1.54, 1.807) is 16.3 Å². The molecule has 2 N–H and O–H groups in total. The number of anilines is 2. The molecule has 0 amide bonds. The van der Waals surface area contributed by atoms with E-state index in [-0.39, 0.29) is 6.04 Å². The Labute approximate surface area is 114 Å². The first-order valence-corrected chi connectivity index (χ1v) is 7.57. The van der Waals surface area contributed by atoms with Crippen LogP contribution in [0.3, 0.4) is 0 Å².